The first-order valence-electron chi connectivity index (χ1n) is 9.09. The molecule has 7 heteroatoms. The second-order valence-corrected chi connectivity index (χ2v) is 6.38. The third-order valence-electron chi connectivity index (χ3n) is 4.65. The second-order valence-electron chi connectivity index (χ2n) is 6.38. The maximum Gasteiger partial charge on any atom is 0.253 e. The second kappa shape index (κ2) is 8.02. The molecule has 0 bridgehead atoms. The minimum atomic E-state index is -0.588. The van der Waals surface area contributed by atoms with Gasteiger partial charge in [0.05, 0.1) is 19.7 Å². The monoisotopic (exact) mass is 388 g/mol. The summed E-state index contributed by atoms with van der Waals surface area (Å²) in [6.45, 7) is 0. The predicted molar refractivity (Wildman–Crippen MR) is 109 cm³/mol. The Kier molecular flexibility index (Phi) is 5.11. The molecule has 1 amide bonds. The lowest BCUT2D eigenvalue weighted by Gasteiger charge is -2.21. The quantitative estimate of drug-likeness (QED) is 0.548. The lowest BCUT2D eigenvalue weighted by molar-refractivity contribution is 0.0927. The number of aromatic nitrogens is 3. The van der Waals surface area contributed by atoms with Gasteiger partial charge < -0.3 is 14.8 Å². The van der Waals surface area contributed by atoms with Crippen molar-refractivity contribution in [2.45, 2.75) is 6.17 Å². The molecular formula is C22H20N4O3. The molecule has 29 heavy (non-hydrogen) atoms. The van der Waals surface area contributed by atoms with Crippen LogP contribution in [-0.4, -0.2) is 35.1 Å². The van der Waals surface area contributed by atoms with Crippen molar-refractivity contribution in [3.63, 3.8) is 0 Å². The number of rotatable bonds is 6. The molecule has 0 spiro atoms. The largest absolute Gasteiger partial charge is 0.493 e. The van der Waals surface area contributed by atoms with Gasteiger partial charge in [0, 0.05) is 11.1 Å². The van der Waals surface area contributed by atoms with Crippen molar-refractivity contribution in [3.8, 4) is 11.5 Å². The zero-order valence-corrected chi connectivity index (χ0v) is 16.1. The van der Waals surface area contributed by atoms with Crippen molar-refractivity contribution < 1.29 is 14.3 Å². The highest BCUT2D eigenvalue weighted by atomic mass is 16.5. The van der Waals surface area contributed by atoms with Crippen LogP contribution in [0.5, 0.6) is 11.5 Å². The lowest BCUT2D eigenvalue weighted by atomic mass is 10.1. The summed E-state index contributed by atoms with van der Waals surface area (Å²) in [5.74, 6) is 0.950. The van der Waals surface area contributed by atoms with Crippen LogP contribution in [0.25, 0.3) is 11.0 Å². The first-order chi connectivity index (χ1) is 14.2. The molecule has 0 aliphatic heterocycles. The third-order valence-corrected chi connectivity index (χ3v) is 4.65. The summed E-state index contributed by atoms with van der Waals surface area (Å²) in [6, 6.07) is 22.1. The molecule has 0 unspecified atom stereocenters. The molecule has 3 aromatic carbocycles. The molecule has 0 saturated heterocycles. The van der Waals surface area contributed by atoms with E-state index in [9.17, 15) is 4.79 Å². The first kappa shape index (κ1) is 18.5. The summed E-state index contributed by atoms with van der Waals surface area (Å²) in [4.78, 5) is 12.9. The van der Waals surface area contributed by atoms with Crippen LogP contribution in [0.1, 0.15) is 22.1 Å². The van der Waals surface area contributed by atoms with Crippen LogP contribution in [0.2, 0.25) is 0 Å². The highest BCUT2D eigenvalue weighted by molar-refractivity contribution is 5.94. The number of ether oxygens (including phenoxy) is 2. The molecule has 0 aliphatic rings. The fourth-order valence-corrected chi connectivity index (χ4v) is 3.18. The Hall–Kier alpha value is -3.87. The van der Waals surface area contributed by atoms with Gasteiger partial charge in [0.15, 0.2) is 17.7 Å². The van der Waals surface area contributed by atoms with Crippen LogP contribution in [0.15, 0.2) is 72.8 Å². The molecule has 0 saturated carbocycles. The molecule has 4 rings (SSSR count). The van der Waals surface area contributed by atoms with E-state index < -0.39 is 6.17 Å². The van der Waals surface area contributed by atoms with E-state index in [0.717, 1.165) is 16.6 Å². The van der Waals surface area contributed by atoms with Crippen molar-refractivity contribution >= 4 is 16.9 Å². The van der Waals surface area contributed by atoms with Gasteiger partial charge in [-0.05, 0) is 36.4 Å². The van der Waals surface area contributed by atoms with E-state index in [1.165, 1.54) is 0 Å². The van der Waals surface area contributed by atoms with Gasteiger partial charge in [0.25, 0.3) is 5.91 Å². The predicted octanol–water partition coefficient (Wildman–Crippen LogP) is 3.43. The summed E-state index contributed by atoms with van der Waals surface area (Å²) in [5, 5.41) is 11.6. The Morgan fingerprint density at radius 3 is 2.41 bits per heavy atom. The number of hydrogen-bond donors (Lipinski definition) is 1. The molecule has 1 N–H and O–H groups in total. The third kappa shape index (κ3) is 3.62. The molecule has 7 nitrogen and oxygen atoms in total. The Morgan fingerprint density at radius 2 is 1.66 bits per heavy atom. The highest BCUT2D eigenvalue weighted by Crippen LogP contribution is 2.31. The molecule has 1 heterocycles. The minimum absolute atomic E-state index is 0.218. The maximum atomic E-state index is 12.9. The number of fused-ring (bicyclic) bond motifs is 1. The number of carbonyl (C=O) groups excluding carboxylic acids is 1. The first-order valence-corrected chi connectivity index (χ1v) is 9.09. The van der Waals surface area contributed by atoms with E-state index in [0.29, 0.717) is 17.1 Å². The molecule has 0 radical (unpaired) electrons. The minimum Gasteiger partial charge on any atom is -0.493 e. The molecule has 146 valence electrons. The summed E-state index contributed by atoms with van der Waals surface area (Å²) >= 11 is 0. The normalized spacial score (nSPS) is 11.8. The average Bonchev–Trinajstić information content (AvgIpc) is 3.21. The number of carbonyl (C=O) groups is 1. The lowest BCUT2D eigenvalue weighted by Crippen LogP contribution is -2.34. The number of methoxy groups -OCH3 is 2. The average molecular weight is 388 g/mol. The maximum absolute atomic E-state index is 12.9. The zero-order chi connectivity index (χ0) is 20.2. The fourth-order valence-electron chi connectivity index (χ4n) is 3.18. The van der Waals surface area contributed by atoms with E-state index in [4.69, 9.17) is 9.47 Å². The van der Waals surface area contributed by atoms with Crippen molar-refractivity contribution in [1.29, 1.82) is 0 Å². The Morgan fingerprint density at radius 1 is 0.931 bits per heavy atom. The summed E-state index contributed by atoms with van der Waals surface area (Å²) in [5.41, 5.74) is 2.89. The number of amides is 1. The van der Waals surface area contributed by atoms with Crippen LogP contribution in [0.4, 0.5) is 0 Å². The number of nitrogens with one attached hydrogen (secondary N) is 1. The molecular weight excluding hydrogens is 368 g/mol. The van der Waals surface area contributed by atoms with Gasteiger partial charge in [-0.3, -0.25) is 4.79 Å². The zero-order valence-electron chi connectivity index (χ0n) is 16.1. The van der Waals surface area contributed by atoms with E-state index >= 15 is 0 Å². The van der Waals surface area contributed by atoms with Gasteiger partial charge in [0.1, 0.15) is 5.52 Å². The number of nitrogens with zero attached hydrogens (tertiary/aromatic N) is 3. The Labute approximate surface area is 167 Å². The van der Waals surface area contributed by atoms with Crippen LogP contribution in [-0.2, 0) is 0 Å². The van der Waals surface area contributed by atoms with E-state index in [2.05, 4.69) is 15.6 Å². The molecule has 1 atom stereocenters. The smallest absolute Gasteiger partial charge is 0.253 e. The van der Waals surface area contributed by atoms with Gasteiger partial charge in [-0.15, -0.1) is 5.10 Å². The molecule has 0 aliphatic carbocycles. The van der Waals surface area contributed by atoms with Crippen molar-refractivity contribution in [2.75, 3.05) is 14.2 Å². The molecule has 0 fully saturated rings. The number of hydrogen-bond acceptors (Lipinski definition) is 5. The number of para-hydroxylation sites is 1. The summed E-state index contributed by atoms with van der Waals surface area (Å²) in [7, 11) is 3.15. The van der Waals surface area contributed by atoms with E-state index in [1.54, 1.807) is 37.1 Å². The number of benzene rings is 3. The summed E-state index contributed by atoms with van der Waals surface area (Å²) in [6.07, 6.45) is -0.588. The van der Waals surface area contributed by atoms with Gasteiger partial charge in [-0.25, -0.2) is 4.68 Å². The SMILES string of the molecule is COc1ccc([C@@H](NC(=O)c2ccccc2)n2nnc3ccccc32)cc1OC. The fraction of sp³-hybridized carbons (Fsp3) is 0.136. The van der Waals surface area contributed by atoms with Crippen molar-refractivity contribution in [3.05, 3.63) is 83.9 Å². The van der Waals surface area contributed by atoms with E-state index in [1.807, 2.05) is 54.6 Å². The van der Waals surface area contributed by atoms with Crippen LogP contribution >= 0.6 is 0 Å². The van der Waals surface area contributed by atoms with Gasteiger partial charge in [-0.2, -0.15) is 0 Å². The van der Waals surface area contributed by atoms with Crippen LogP contribution < -0.4 is 14.8 Å². The van der Waals surface area contributed by atoms with Crippen LogP contribution in [0.3, 0.4) is 0 Å². The molecule has 1 aromatic heterocycles. The van der Waals surface area contributed by atoms with E-state index in [-0.39, 0.29) is 5.91 Å². The van der Waals surface area contributed by atoms with Gasteiger partial charge >= 0.3 is 0 Å². The van der Waals surface area contributed by atoms with Gasteiger partial charge in [0.2, 0.25) is 0 Å². The van der Waals surface area contributed by atoms with Crippen molar-refractivity contribution in [1.82, 2.24) is 20.3 Å². The summed E-state index contributed by atoms with van der Waals surface area (Å²) < 4.78 is 12.5. The van der Waals surface area contributed by atoms with Gasteiger partial charge in [-0.1, -0.05) is 41.6 Å². The Balaban J connectivity index is 1.80. The standard InChI is InChI=1S/C22H20N4O3/c1-28-19-13-12-16(14-20(19)29-2)21(23-22(27)15-8-4-3-5-9-15)26-18-11-7-6-10-17(18)24-25-26/h3-14,21H,1-2H3,(H,23,27)/t21-/m0/s1. The van der Waals surface area contributed by atoms with Crippen LogP contribution in [0, 0.1) is 0 Å². The Bertz CT molecular complexity index is 1140. The topological polar surface area (TPSA) is 78.3 Å². The highest BCUT2D eigenvalue weighted by Gasteiger charge is 2.22. The molecule has 4 aromatic rings. The van der Waals surface area contributed by atoms with Crippen molar-refractivity contribution in [2.24, 2.45) is 0 Å².